The zero-order valence-corrected chi connectivity index (χ0v) is 11.8. The molecule has 1 aromatic rings. The number of carbonyl (C=O) groups is 1. The second kappa shape index (κ2) is 6.02. The molecule has 16 heavy (non-hydrogen) atoms. The SMILES string of the molecule is CCOC(=O)c1cc(Br)c(CBr)cc1C#N. The molecule has 0 fully saturated rings. The van der Waals surface area contributed by atoms with Crippen LogP contribution < -0.4 is 0 Å². The zero-order chi connectivity index (χ0) is 12.1. The lowest BCUT2D eigenvalue weighted by Crippen LogP contribution is -2.07. The number of benzene rings is 1. The van der Waals surface area contributed by atoms with Gasteiger partial charge in [0.25, 0.3) is 0 Å². The van der Waals surface area contributed by atoms with E-state index in [1.807, 2.05) is 6.07 Å². The number of alkyl halides is 1. The second-order valence-electron chi connectivity index (χ2n) is 2.96. The second-order valence-corrected chi connectivity index (χ2v) is 4.37. The summed E-state index contributed by atoms with van der Waals surface area (Å²) in [5.74, 6) is -0.471. The van der Waals surface area contributed by atoms with E-state index in [1.54, 1.807) is 19.1 Å². The fourth-order valence-electron chi connectivity index (χ4n) is 1.19. The topological polar surface area (TPSA) is 50.1 Å². The predicted molar refractivity (Wildman–Crippen MR) is 67.4 cm³/mol. The fourth-order valence-corrected chi connectivity index (χ4v) is 2.51. The number of hydrogen-bond donors (Lipinski definition) is 0. The molecule has 1 rings (SSSR count). The quantitative estimate of drug-likeness (QED) is 0.622. The Morgan fingerprint density at radius 1 is 1.56 bits per heavy atom. The third-order valence-electron chi connectivity index (χ3n) is 1.95. The third kappa shape index (κ3) is 2.83. The summed E-state index contributed by atoms with van der Waals surface area (Å²) in [6.07, 6.45) is 0. The summed E-state index contributed by atoms with van der Waals surface area (Å²) in [5.41, 5.74) is 1.54. The van der Waals surface area contributed by atoms with Crippen molar-refractivity contribution in [2.24, 2.45) is 0 Å². The van der Waals surface area contributed by atoms with E-state index in [1.165, 1.54) is 0 Å². The summed E-state index contributed by atoms with van der Waals surface area (Å²) < 4.78 is 5.66. The molecule has 0 N–H and O–H groups in total. The molecular weight excluding hydrogens is 338 g/mol. The predicted octanol–water partition coefficient (Wildman–Crippen LogP) is 3.39. The van der Waals surface area contributed by atoms with Crippen molar-refractivity contribution in [2.75, 3.05) is 6.61 Å². The van der Waals surface area contributed by atoms with Gasteiger partial charge in [-0.3, -0.25) is 0 Å². The maximum atomic E-state index is 11.6. The lowest BCUT2D eigenvalue weighted by Gasteiger charge is -2.07. The number of nitrogens with zero attached hydrogens (tertiary/aromatic N) is 1. The first kappa shape index (κ1) is 13.2. The van der Waals surface area contributed by atoms with E-state index >= 15 is 0 Å². The molecule has 84 valence electrons. The summed E-state index contributed by atoms with van der Waals surface area (Å²) >= 11 is 6.65. The van der Waals surface area contributed by atoms with E-state index in [9.17, 15) is 4.79 Å². The monoisotopic (exact) mass is 345 g/mol. The minimum atomic E-state index is -0.471. The van der Waals surface area contributed by atoms with Crippen molar-refractivity contribution in [1.82, 2.24) is 0 Å². The number of hydrogen-bond acceptors (Lipinski definition) is 3. The normalized spacial score (nSPS) is 9.62. The van der Waals surface area contributed by atoms with Crippen LogP contribution in [-0.2, 0) is 10.1 Å². The molecule has 0 amide bonds. The Kier molecular flexibility index (Phi) is 4.97. The van der Waals surface area contributed by atoms with Crippen LogP contribution in [0.3, 0.4) is 0 Å². The third-order valence-corrected chi connectivity index (χ3v) is 3.29. The van der Waals surface area contributed by atoms with E-state index in [0.717, 1.165) is 10.0 Å². The average molecular weight is 347 g/mol. The first-order valence-corrected chi connectivity index (χ1v) is 6.51. The Morgan fingerprint density at radius 2 is 2.25 bits per heavy atom. The molecule has 0 saturated heterocycles. The van der Waals surface area contributed by atoms with Crippen LogP contribution in [0.5, 0.6) is 0 Å². The fraction of sp³-hybridized carbons (Fsp3) is 0.273. The number of ether oxygens (including phenoxy) is 1. The summed E-state index contributed by atoms with van der Waals surface area (Å²) in [4.78, 5) is 11.6. The van der Waals surface area contributed by atoms with Crippen molar-refractivity contribution in [3.05, 3.63) is 33.3 Å². The van der Waals surface area contributed by atoms with Gasteiger partial charge in [-0.2, -0.15) is 5.26 Å². The molecular formula is C11H9Br2NO2. The molecule has 0 heterocycles. The summed E-state index contributed by atoms with van der Waals surface area (Å²) in [6.45, 7) is 2.02. The molecule has 1 aromatic carbocycles. The highest BCUT2D eigenvalue weighted by molar-refractivity contribution is 9.10. The lowest BCUT2D eigenvalue weighted by molar-refractivity contribution is 0.0526. The average Bonchev–Trinajstić information content (AvgIpc) is 2.29. The van der Waals surface area contributed by atoms with Gasteiger partial charge in [0.05, 0.1) is 17.7 Å². The standard InChI is InChI=1S/C11H9Br2NO2/c1-2-16-11(15)9-4-10(13)7(5-12)3-8(9)6-14/h3-4H,2,5H2,1H3. The Bertz CT molecular complexity index is 452. The minimum absolute atomic E-state index is 0.293. The van der Waals surface area contributed by atoms with Gasteiger partial charge in [-0.25, -0.2) is 4.79 Å². The van der Waals surface area contributed by atoms with Gasteiger partial charge in [0.2, 0.25) is 0 Å². The van der Waals surface area contributed by atoms with Crippen LogP contribution in [0.25, 0.3) is 0 Å². The van der Waals surface area contributed by atoms with Gasteiger partial charge in [-0.15, -0.1) is 0 Å². The molecule has 3 nitrogen and oxygen atoms in total. The van der Waals surface area contributed by atoms with E-state index < -0.39 is 5.97 Å². The number of carbonyl (C=O) groups excluding carboxylic acids is 1. The van der Waals surface area contributed by atoms with Crippen molar-refractivity contribution in [1.29, 1.82) is 5.26 Å². The highest BCUT2D eigenvalue weighted by Gasteiger charge is 2.15. The van der Waals surface area contributed by atoms with Gasteiger partial charge < -0.3 is 4.74 Å². The smallest absolute Gasteiger partial charge is 0.339 e. The van der Waals surface area contributed by atoms with E-state index in [-0.39, 0.29) is 0 Å². The van der Waals surface area contributed by atoms with Gasteiger partial charge in [-0.1, -0.05) is 31.9 Å². The first-order valence-electron chi connectivity index (χ1n) is 4.59. The number of nitriles is 1. The van der Waals surface area contributed by atoms with Crippen LogP contribution in [0.4, 0.5) is 0 Å². The van der Waals surface area contributed by atoms with Gasteiger partial charge in [0.1, 0.15) is 6.07 Å². The van der Waals surface area contributed by atoms with Crippen LogP contribution in [0.1, 0.15) is 28.4 Å². The zero-order valence-electron chi connectivity index (χ0n) is 8.59. The number of esters is 1. The van der Waals surface area contributed by atoms with Gasteiger partial charge in [-0.05, 0) is 24.6 Å². The Hall–Kier alpha value is -0.860. The molecule has 0 radical (unpaired) electrons. The molecule has 0 aliphatic heterocycles. The van der Waals surface area contributed by atoms with Crippen LogP contribution >= 0.6 is 31.9 Å². The molecule has 5 heteroatoms. The summed E-state index contributed by atoms with van der Waals surface area (Å²) in [7, 11) is 0. The highest BCUT2D eigenvalue weighted by atomic mass is 79.9. The van der Waals surface area contributed by atoms with Crippen LogP contribution in [0.15, 0.2) is 16.6 Å². The molecule has 0 atom stereocenters. The molecule has 0 bridgehead atoms. The Balaban J connectivity index is 3.24. The Labute approximate surface area is 111 Å². The number of halogens is 2. The summed E-state index contributed by atoms with van der Waals surface area (Å²) in [5, 5.41) is 9.57. The van der Waals surface area contributed by atoms with Crippen molar-refractivity contribution >= 4 is 37.8 Å². The van der Waals surface area contributed by atoms with Crippen molar-refractivity contribution in [2.45, 2.75) is 12.3 Å². The molecule has 0 saturated carbocycles. The molecule has 0 unspecified atom stereocenters. The van der Waals surface area contributed by atoms with Gasteiger partial charge in [0, 0.05) is 9.80 Å². The van der Waals surface area contributed by atoms with Crippen molar-refractivity contribution in [3.63, 3.8) is 0 Å². The molecule has 0 spiro atoms. The maximum Gasteiger partial charge on any atom is 0.339 e. The first-order chi connectivity index (χ1) is 7.63. The van der Waals surface area contributed by atoms with E-state index in [2.05, 4.69) is 31.9 Å². The van der Waals surface area contributed by atoms with Crippen molar-refractivity contribution in [3.8, 4) is 6.07 Å². The van der Waals surface area contributed by atoms with E-state index in [0.29, 0.717) is 23.1 Å². The molecule has 0 aromatic heterocycles. The largest absolute Gasteiger partial charge is 0.462 e. The minimum Gasteiger partial charge on any atom is -0.462 e. The highest BCUT2D eigenvalue weighted by Crippen LogP contribution is 2.24. The van der Waals surface area contributed by atoms with Gasteiger partial charge >= 0.3 is 5.97 Å². The number of rotatable bonds is 3. The van der Waals surface area contributed by atoms with E-state index in [4.69, 9.17) is 10.00 Å². The Morgan fingerprint density at radius 3 is 2.75 bits per heavy atom. The van der Waals surface area contributed by atoms with Crippen LogP contribution in [0, 0.1) is 11.3 Å². The lowest BCUT2D eigenvalue weighted by atomic mass is 10.1. The van der Waals surface area contributed by atoms with Crippen LogP contribution in [-0.4, -0.2) is 12.6 Å². The molecule has 0 aliphatic carbocycles. The van der Waals surface area contributed by atoms with Gasteiger partial charge in [0.15, 0.2) is 0 Å². The maximum absolute atomic E-state index is 11.6. The van der Waals surface area contributed by atoms with Crippen LogP contribution in [0.2, 0.25) is 0 Å². The molecule has 0 aliphatic rings. The summed E-state index contributed by atoms with van der Waals surface area (Å²) in [6, 6.07) is 5.28. The van der Waals surface area contributed by atoms with Crippen molar-refractivity contribution < 1.29 is 9.53 Å².